The number of hydrogen-bond acceptors (Lipinski definition) is 3. The number of hydrogen-bond donors (Lipinski definition) is 1. The molecule has 3 rings (SSSR count). The zero-order chi connectivity index (χ0) is 12.8. The van der Waals surface area contributed by atoms with Crippen LogP contribution in [0.2, 0.25) is 0 Å². The summed E-state index contributed by atoms with van der Waals surface area (Å²) in [6, 6.07) is 4.31. The molecule has 0 amide bonds. The van der Waals surface area contributed by atoms with Crippen LogP contribution in [0.25, 0.3) is 0 Å². The lowest BCUT2D eigenvalue weighted by molar-refractivity contribution is -0.149. The maximum absolute atomic E-state index is 11.6. The normalized spacial score (nSPS) is 31.7. The van der Waals surface area contributed by atoms with Gasteiger partial charge in [0, 0.05) is 29.4 Å². The Hall–Kier alpha value is -0.870. The number of thiophene rings is 1. The molecule has 4 heteroatoms. The van der Waals surface area contributed by atoms with Crippen LogP contribution < -0.4 is 0 Å². The molecule has 2 atom stereocenters. The smallest absolute Gasteiger partial charge is 0.311 e. The van der Waals surface area contributed by atoms with Crippen LogP contribution in [0.1, 0.15) is 29.0 Å². The summed E-state index contributed by atoms with van der Waals surface area (Å²) in [7, 11) is 0. The van der Waals surface area contributed by atoms with E-state index in [1.54, 1.807) is 0 Å². The van der Waals surface area contributed by atoms with Crippen molar-refractivity contribution in [2.24, 2.45) is 11.3 Å². The summed E-state index contributed by atoms with van der Waals surface area (Å²) in [5.74, 6) is -0.203. The van der Waals surface area contributed by atoms with Crippen molar-refractivity contribution in [3.63, 3.8) is 0 Å². The van der Waals surface area contributed by atoms with E-state index in [2.05, 4.69) is 24.0 Å². The van der Waals surface area contributed by atoms with Gasteiger partial charge in [0.05, 0.1) is 5.41 Å². The summed E-state index contributed by atoms with van der Waals surface area (Å²) < 4.78 is 0. The van der Waals surface area contributed by atoms with E-state index in [1.807, 2.05) is 11.3 Å². The second kappa shape index (κ2) is 4.35. The highest BCUT2D eigenvalue weighted by molar-refractivity contribution is 7.11. The first-order chi connectivity index (χ1) is 8.60. The predicted octanol–water partition coefficient (Wildman–Crippen LogP) is 2.74. The first-order valence-corrected chi connectivity index (χ1v) is 7.43. The Balaban J connectivity index is 1.73. The van der Waals surface area contributed by atoms with Gasteiger partial charge in [-0.2, -0.15) is 0 Å². The minimum Gasteiger partial charge on any atom is -0.481 e. The molecule has 1 aromatic rings. The van der Waals surface area contributed by atoms with Crippen molar-refractivity contribution in [1.29, 1.82) is 0 Å². The largest absolute Gasteiger partial charge is 0.481 e. The molecule has 2 fully saturated rings. The molecule has 2 aliphatic rings. The van der Waals surface area contributed by atoms with Gasteiger partial charge < -0.3 is 5.11 Å². The van der Waals surface area contributed by atoms with Crippen molar-refractivity contribution >= 4 is 17.3 Å². The number of rotatable bonds is 3. The molecule has 2 heterocycles. The van der Waals surface area contributed by atoms with Crippen molar-refractivity contribution < 1.29 is 9.90 Å². The van der Waals surface area contributed by atoms with Crippen molar-refractivity contribution in [3.8, 4) is 0 Å². The van der Waals surface area contributed by atoms with Gasteiger partial charge in [-0.05, 0) is 37.8 Å². The van der Waals surface area contributed by atoms with Crippen LogP contribution in [0.3, 0.4) is 0 Å². The van der Waals surface area contributed by atoms with Crippen LogP contribution in [-0.2, 0) is 11.3 Å². The van der Waals surface area contributed by atoms with E-state index in [4.69, 9.17) is 0 Å². The number of likely N-dealkylation sites (tertiary alicyclic amines) is 1. The molecule has 1 saturated heterocycles. The summed E-state index contributed by atoms with van der Waals surface area (Å²) >= 11 is 1.82. The fourth-order valence-electron chi connectivity index (χ4n) is 3.65. The van der Waals surface area contributed by atoms with E-state index in [-0.39, 0.29) is 0 Å². The standard InChI is InChI=1S/C14H19NO2S/c1-10-4-5-12(18-10)8-15-7-11-3-2-6-14(11,9-15)13(16)17/h4-5,11H,2-3,6-9H2,1H3,(H,16,17)/t11-,14+/m0/s1. The molecular formula is C14H19NO2S. The number of carbonyl (C=O) groups is 1. The average molecular weight is 265 g/mol. The minimum atomic E-state index is -0.574. The van der Waals surface area contributed by atoms with E-state index >= 15 is 0 Å². The lowest BCUT2D eigenvalue weighted by Crippen LogP contribution is -2.35. The van der Waals surface area contributed by atoms with Crippen molar-refractivity contribution in [1.82, 2.24) is 4.90 Å². The highest BCUT2D eigenvalue weighted by Crippen LogP contribution is 2.49. The van der Waals surface area contributed by atoms with E-state index in [9.17, 15) is 9.90 Å². The Labute approximate surface area is 111 Å². The molecule has 1 aliphatic carbocycles. The van der Waals surface area contributed by atoms with Gasteiger partial charge in [0.15, 0.2) is 0 Å². The third-order valence-corrected chi connectivity index (χ3v) is 5.53. The Bertz CT molecular complexity index is 470. The monoisotopic (exact) mass is 265 g/mol. The Morgan fingerprint density at radius 3 is 3.06 bits per heavy atom. The Morgan fingerprint density at radius 1 is 1.61 bits per heavy atom. The van der Waals surface area contributed by atoms with Gasteiger partial charge in [-0.15, -0.1) is 11.3 Å². The van der Waals surface area contributed by atoms with E-state index in [0.29, 0.717) is 5.92 Å². The number of carboxylic acids is 1. The maximum Gasteiger partial charge on any atom is 0.311 e. The summed E-state index contributed by atoms with van der Waals surface area (Å²) in [5.41, 5.74) is -0.438. The van der Waals surface area contributed by atoms with Crippen LogP contribution in [-0.4, -0.2) is 29.1 Å². The van der Waals surface area contributed by atoms with E-state index < -0.39 is 11.4 Å². The quantitative estimate of drug-likeness (QED) is 0.913. The number of nitrogens with zero attached hydrogens (tertiary/aromatic N) is 1. The van der Waals surface area contributed by atoms with Crippen molar-refractivity contribution in [3.05, 3.63) is 21.9 Å². The second-order valence-electron chi connectivity index (χ2n) is 5.73. The highest BCUT2D eigenvalue weighted by atomic mass is 32.1. The molecular weight excluding hydrogens is 246 g/mol. The summed E-state index contributed by atoms with van der Waals surface area (Å²) in [6.07, 6.45) is 3.04. The lowest BCUT2D eigenvalue weighted by atomic mass is 9.81. The summed E-state index contributed by atoms with van der Waals surface area (Å²) in [5, 5.41) is 9.54. The average Bonchev–Trinajstić information content (AvgIpc) is 2.93. The summed E-state index contributed by atoms with van der Waals surface area (Å²) in [6.45, 7) is 4.74. The van der Waals surface area contributed by atoms with Crippen LogP contribution in [0, 0.1) is 18.3 Å². The van der Waals surface area contributed by atoms with Crippen LogP contribution in [0.4, 0.5) is 0 Å². The predicted molar refractivity (Wildman–Crippen MR) is 71.7 cm³/mol. The molecule has 18 heavy (non-hydrogen) atoms. The van der Waals surface area contributed by atoms with Crippen LogP contribution in [0.5, 0.6) is 0 Å². The van der Waals surface area contributed by atoms with Gasteiger partial charge in [0.2, 0.25) is 0 Å². The minimum absolute atomic E-state index is 0.371. The molecule has 0 bridgehead atoms. The molecule has 0 unspecified atom stereocenters. The van der Waals surface area contributed by atoms with Crippen molar-refractivity contribution in [2.75, 3.05) is 13.1 Å². The number of carboxylic acid groups (broad SMARTS) is 1. The maximum atomic E-state index is 11.6. The van der Waals surface area contributed by atoms with Gasteiger partial charge >= 0.3 is 5.97 Å². The zero-order valence-corrected chi connectivity index (χ0v) is 11.5. The fourth-order valence-corrected chi connectivity index (χ4v) is 4.59. The first kappa shape index (κ1) is 12.2. The molecule has 3 nitrogen and oxygen atoms in total. The molecule has 98 valence electrons. The van der Waals surface area contributed by atoms with Gasteiger partial charge in [-0.1, -0.05) is 6.42 Å². The summed E-state index contributed by atoms with van der Waals surface area (Å²) in [4.78, 5) is 16.6. The highest BCUT2D eigenvalue weighted by Gasteiger charge is 2.54. The Kier molecular flexibility index (Phi) is 2.94. The first-order valence-electron chi connectivity index (χ1n) is 6.61. The molecule has 0 spiro atoms. The molecule has 0 aromatic carbocycles. The van der Waals surface area contributed by atoms with E-state index in [1.165, 1.54) is 9.75 Å². The lowest BCUT2D eigenvalue weighted by Gasteiger charge is -2.23. The second-order valence-corrected chi connectivity index (χ2v) is 7.10. The molecule has 1 N–H and O–H groups in total. The Morgan fingerprint density at radius 2 is 2.44 bits per heavy atom. The molecule has 0 radical (unpaired) electrons. The van der Waals surface area contributed by atoms with Gasteiger partial charge in [-0.3, -0.25) is 9.69 Å². The molecule has 1 aromatic heterocycles. The van der Waals surface area contributed by atoms with Crippen LogP contribution >= 0.6 is 11.3 Å². The fraction of sp³-hybridized carbons (Fsp3) is 0.643. The van der Waals surface area contributed by atoms with Gasteiger partial charge in [0.25, 0.3) is 0 Å². The number of fused-ring (bicyclic) bond motifs is 1. The SMILES string of the molecule is Cc1ccc(CN2C[C@@H]3CCC[C@@]3(C(=O)O)C2)s1. The van der Waals surface area contributed by atoms with Crippen molar-refractivity contribution in [2.45, 2.75) is 32.7 Å². The zero-order valence-electron chi connectivity index (χ0n) is 10.7. The topological polar surface area (TPSA) is 40.5 Å². The molecule has 1 aliphatic heterocycles. The van der Waals surface area contributed by atoms with E-state index in [0.717, 1.165) is 38.9 Å². The van der Waals surface area contributed by atoms with Crippen LogP contribution in [0.15, 0.2) is 12.1 Å². The van der Waals surface area contributed by atoms with Gasteiger partial charge in [0.1, 0.15) is 0 Å². The number of aryl methyl sites for hydroxylation is 1. The van der Waals surface area contributed by atoms with Gasteiger partial charge in [-0.25, -0.2) is 0 Å². The third-order valence-electron chi connectivity index (χ3n) is 4.54. The number of aliphatic carboxylic acids is 1. The molecule has 1 saturated carbocycles. The third kappa shape index (κ3) is 1.88.